The van der Waals surface area contributed by atoms with E-state index in [1.165, 1.54) is 0 Å². The lowest BCUT2D eigenvalue weighted by molar-refractivity contribution is -0.149. The van der Waals surface area contributed by atoms with Crippen LogP contribution in [0.5, 0.6) is 0 Å². The molecule has 0 unspecified atom stereocenters. The summed E-state index contributed by atoms with van der Waals surface area (Å²) in [5.74, 6) is -0.712. The Bertz CT molecular complexity index is 378. The van der Waals surface area contributed by atoms with Crippen molar-refractivity contribution >= 4 is 5.97 Å². The summed E-state index contributed by atoms with van der Waals surface area (Å²) in [6.07, 6.45) is 1.83. The summed E-state index contributed by atoms with van der Waals surface area (Å²) in [5, 5.41) is 13.6. The zero-order chi connectivity index (χ0) is 12.3. The van der Waals surface area contributed by atoms with Gasteiger partial charge < -0.3 is 5.11 Å². The molecule has 0 aliphatic rings. The fourth-order valence-corrected chi connectivity index (χ4v) is 2.05. The smallest absolute Gasteiger partial charge is 0.310 e. The van der Waals surface area contributed by atoms with Gasteiger partial charge in [-0.2, -0.15) is 5.10 Å². The molecule has 0 aliphatic heterocycles. The first kappa shape index (κ1) is 12.7. The van der Waals surface area contributed by atoms with Gasteiger partial charge in [-0.3, -0.25) is 9.48 Å². The lowest BCUT2D eigenvalue weighted by Crippen LogP contribution is -2.32. The predicted octanol–water partition coefficient (Wildman–Crippen LogP) is 2.16. The standard InChI is InChI=1S/C12H20N2O2/c1-5-12(6-2,11(15)16)8-10-7-9(3)13-14(10)4/h7H,5-6,8H2,1-4H3,(H,15,16). The van der Waals surface area contributed by atoms with E-state index >= 15 is 0 Å². The van der Waals surface area contributed by atoms with Crippen LogP contribution < -0.4 is 0 Å². The Morgan fingerprint density at radius 2 is 2.06 bits per heavy atom. The van der Waals surface area contributed by atoms with Crippen LogP contribution in [0.15, 0.2) is 6.07 Å². The first-order valence-corrected chi connectivity index (χ1v) is 5.68. The fourth-order valence-electron chi connectivity index (χ4n) is 2.05. The highest BCUT2D eigenvalue weighted by Gasteiger charge is 2.35. The molecule has 0 fully saturated rings. The Morgan fingerprint density at radius 1 is 1.50 bits per heavy atom. The summed E-state index contributed by atoms with van der Waals surface area (Å²) in [6, 6.07) is 1.96. The second-order valence-corrected chi connectivity index (χ2v) is 4.37. The predicted molar refractivity (Wildman–Crippen MR) is 62.3 cm³/mol. The molecular weight excluding hydrogens is 204 g/mol. The van der Waals surface area contributed by atoms with Gasteiger partial charge in [0.15, 0.2) is 0 Å². The van der Waals surface area contributed by atoms with Crippen LogP contribution in [0.25, 0.3) is 0 Å². The molecular formula is C12H20N2O2. The minimum absolute atomic E-state index is 0.548. The minimum atomic E-state index is -0.712. The van der Waals surface area contributed by atoms with Crippen LogP contribution in [0, 0.1) is 12.3 Å². The summed E-state index contributed by atoms with van der Waals surface area (Å²) in [6.45, 7) is 5.78. The number of nitrogens with zero attached hydrogens (tertiary/aromatic N) is 2. The van der Waals surface area contributed by atoms with Gasteiger partial charge in [0, 0.05) is 19.2 Å². The van der Waals surface area contributed by atoms with E-state index in [-0.39, 0.29) is 0 Å². The molecule has 1 rings (SSSR count). The van der Waals surface area contributed by atoms with Gasteiger partial charge in [0.25, 0.3) is 0 Å². The first-order chi connectivity index (χ1) is 7.45. The quantitative estimate of drug-likeness (QED) is 0.833. The van der Waals surface area contributed by atoms with E-state index in [0.29, 0.717) is 19.3 Å². The normalized spacial score (nSPS) is 11.8. The van der Waals surface area contributed by atoms with Crippen molar-refractivity contribution in [3.8, 4) is 0 Å². The number of carboxylic acid groups (broad SMARTS) is 1. The van der Waals surface area contributed by atoms with Gasteiger partial charge in [-0.1, -0.05) is 13.8 Å². The molecule has 0 bridgehead atoms. The van der Waals surface area contributed by atoms with Crippen molar-refractivity contribution in [3.63, 3.8) is 0 Å². The third-order valence-corrected chi connectivity index (χ3v) is 3.43. The van der Waals surface area contributed by atoms with E-state index in [1.807, 2.05) is 33.9 Å². The largest absolute Gasteiger partial charge is 0.481 e. The molecule has 0 aromatic carbocycles. The van der Waals surface area contributed by atoms with Crippen molar-refractivity contribution in [1.82, 2.24) is 9.78 Å². The maximum atomic E-state index is 11.4. The maximum Gasteiger partial charge on any atom is 0.310 e. The number of carboxylic acids is 1. The van der Waals surface area contributed by atoms with Gasteiger partial charge in [-0.05, 0) is 25.8 Å². The zero-order valence-electron chi connectivity index (χ0n) is 10.4. The molecule has 0 amide bonds. The molecule has 0 radical (unpaired) electrons. The topological polar surface area (TPSA) is 55.1 Å². The summed E-state index contributed by atoms with van der Waals surface area (Å²) in [4.78, 5) is 11.4. The second kappa shape index (κ2) is 4.68. The van der Waals surface area contributed by atoms with Crippen LogP contribution in [-0.4, -0.2) is 20.9 Å². The van der Waals surface area contributed by atoms with Crippen LogP contribution >= 0.6 is 0 Å². The van der Waals surface area contributed by atoms with Crippen LogP contribution in [-0.2, 0) is 18.3 Å². The van der Waals surface area contributed by atoms with Gasteiger partial charge in [0.05, 0.1) is 11.1 Å². The first-order valence-electron chi connectivity index (χ1n) is 5.68. The molecule has 0 atom stereocenters. The van der Waals surface area contributed by atoms with Crippen molar-refractivity contribution in [1.29, 1.82) is 0 Å². The van der Waals surface area contributed by atoms with Crippen LogP contribution in [0.3, 0.4) is 0 Å². The van der Waals surface area contributed by atoms with Crippen molar-refractivity contribution < 1.29 is 9.90 Å². The highest BCUT2D eigenvalue weighted by molar-refractivity contribution is 5.74. The molecule has 90 valence electrons. The molecule has 0 spiro atoms. The number of rotatable bonds is 5. The Morgan fingerprint density at radius 3 is 2.38 bits per heavy atom. The van der Waals surface area contributed by atoms with Crippen molar-refractivity contribution in [2.75, 3.05) is 0 Å². The van der Waals surface area contributed by atoms with Crippen molar-refractivity contribution in [2.24, 2.45) is 12.5 Å². The molecule has 16 heavy (non-hydrogen) atoms. The van der Waals surface area contributed by atoms with E-state index in [1.54, 1.807) is 4.68 Å². The molecule has 1 N–H and O–H groups in total. The summed E-state index contributed by atoms with van der Waals surface area (Å²) >= 11 is 0. The van der Waals surface area contributed by atoms with Crippen molar-refractivity contribution in [2.45, 2.75) is 40.0 Å². The Labute approximate surface area is 96.3 Å². The molecule has 0 aliphatic carbocycles. The molecule has 4 heteroatoms. The fraction of sp³-hybridized carbons (Fsp3) is 0.667. The number of aryl methyl sites for hydroxylation is 2. The van der Waals surface area contributed by atoms with Gasteiger partial charge in [-0.15, -0.1) is 0 Å². The molecule has 1 aromatic rings. The number of carbonyl (C=O) groups is 1. The van der Waals surface area contributed by atoms with Gasteiger partial charge in [-0.25, -0.2) is 0 Å². The van der Waals surface area contributed by atoms with E-state index in [2.05, 4.69) is 5.10 Å². The maximum absolute atomic E-state index is 11.4. The number of hydrogen-bond acceptors (Lipinski definition) is 2. The molecule has 1 aromatic heterocycles. The highest BCUT2D eigenvalue weighted by Crippen LogP contribution is 2.31. The van der Waals surface area contributed by atoms with Crippen molar-refractivity contribution in [3.05, 3.63) is 17.5 Å². The van der Waals surface area contributed by atoms with Crippen LogP contribution in [0.2, 0.25) is 0 Å². The van der Waals surface area contributed by atoms with E-state index in [9.17, 15) is 9.90 Å². The Hall–Kier alpha value is -1.32. The Kier molecular flexibility index (Phi) is 3.73. The molecule has 0 saturated carbocycles. The lowest BCUT2D eigenvalue weighted by Gasteiger charge is -2.26. The zero-order valence-corrected chi connectivity index (χ0v) is 10.4. The van der Waals surface area contributed by atoms with Gasteiger partial charge in [0.2, 0.25) is 0 Å². The van der Waals surface area contributed by atoms with Gasteiger partial charge >= 0.3 is 5.97 Å². The molecule has 0 saturated heterocycles. The molecule has 4 nitrogen and oxygen atoms in total. The third kappa shape index (κ3) is 2.26. The highest BCUT2D eigenvalue weighted by atomic mass is 16.4. The number of hydrogen-bond donors (Lipinski definition) is 1. The average Bonchev–Trinajstić information content (AvgIpc) is 2.53. The summed E-state index contributed by atoms with van der Waals surface area (Å²) in [7, 11) is 1.86. The Balaban J connectivity index is 3.00. The van der Waals surface area contributed by atoms with E-state index in [4.69, 9.17) is 0 Å². The monoisotopic (exact) mass is 224 g/mol. The van der Waals surface area contributed by atoms with Crippen LogP contribution in [0.4, 0.5) is 0 Å². The van der Waals surface area contributed by atoms with E-state index < -0.39 is 11.4 Å². The van der Waals surface area contributed by atoms with Gasteiger partial charge in [0.1, 0.15) is 0 Å². The lowest BCUT2D eigenvalue weighted by atomic mass is 9.78. The minimum Gasteiger partial charge on any atom is -0.481 e. The molecule has 1 heterocycles. The van der Waals surface area contributed by atoms with E-state index in [0.717, 1.165) is 11.4 Å². The SMILES string of the molecule is CCC(CC)(Cc1cc(C)nn1C)C(=O)O. The average molecular weight is 224 g/mol. The third-order valence-electron chi connectivity index (χ3n) is 3.43. The summed E-state index contributed by atoms with van der Waals surface area (Å²) in [5.41, 5.74) is 1.27. The second-order valence-electron chi connectivity index (χ2n) is 4.37. The summed E-state index contributed by atoms with van der Waals surface area (Å²) < 4.78 is 1.78. The number of aliphatic carboxylic acids is 1. The van der Waals surface area contributed by atoms with Crippen LogP contribution in [0.1, 0.15) is 38.1 Å². The number of aromatic nitrogens is 2.